The molecule has 0 spiro atoms. The van der Waals surface area contributed by atoms with E-state index in [0.29, 0.717) is 26.3 Å². The Balaban J connectivity index is 1.46. The Hall–Kier alpha value is -2.47. The zero-order chi connectivity index (χ0) is 20.0. The summed E-state index contributed by atoms with van der Waals surface area (Å²) in [6.07, 6.45) is 6.32. The third-order valence-corrected chi connectivity index (χ3v) is 7.02. The minimum absolute atomic E-state index is 0.0290. The van der Waals surface area contributed by atoms with E-state index in [0.717, 1.165) is 18.4 Å². The summed E-state index contributed by atoms with van der Waals surface area (Å²) in [5, 5.41) is 0. The number of likely N-dealkylation sites (tertiary alicyclic amines) is 1. The average Bonchev–Trinajstić information content (AvgIpc) is 3.06. The largest absolute Gasteiger partial charge is 0.378 e. The van der Waals surface area contributed by atoms with E-state index in [1.807, 2.05) is 30.3 Å². The lowest BCUT2D eigenvalue weighted by Crippen LogP contribution is -2.44. The third kappa shape index (κ3) is 3.10. The van der Waals surface area contributed by atoms with E-state index in [1.54, 1.807) is 4.90 Å². The van der Waals surface area contributed by atoms with Crippen molar-refractivity contribution in [1.82, 2.24) is 9.80 Å². The van der Waals surface area contributed by atoms with Crippen LogP contribution in [0.25, 0.3) is 0 Å². The van der Waals surface area contributed by atoms with Crippen LogP contribution in [0.1, 0.15) is 30.9 Å². The van der Waals surface area contributed by atoms with Gasteiger partial charge in [0.05, 0.1) is 37.5 Å². The maximum atomic E-state index is 13.4. The molecule has 0 aromatic heterocycles. The first kappa shape index (κ1) is 18.6. The summed E-state index contributed by atoms with van der Waals surface area (Å²) in [5.74, 6) is -0.424. The lowest BCUT2D eigenvalue weighted by atomic mass is 9.63. The number of carbonyl (C=O) groups excluding carboxylic acids is 3. The highest BCUT2D eigenvalue weighted by Crippen LogP contribution is 2.51. The fourth-order valence-electron chi connectivity index (χ4n) is 5.55. The van der Waals surface area contributed by atoms with Gasteiger partial charge in [0.1, 0.15) is 0 Å². The molecule has 6 heteroatoms. The van der Waals surface area contributed by atoms with Crippen molar-refractivity contribution in [2.24, 2.45) is 23.7 Å². The number of hydrogen-bond acceptors (Lipinski definition) is 4. The molecule has 5 unspecified atom stereocenters. The molecule has 29 heavy (non-hydrogen) atoms. The molecule has 1 aromatic rings. The molecule has 5 aliphatic rings. The van der Waals surface area contributed by atoms with Gasteiger partial charge in [-0.25, -0.2) is 0 Å². The number of rotatable bonds is 4. The lowest BCUT2D eigenvalue weighted by molar-refractivity contribution is -0.145. The summed E-state index contributed by atoms with van der Waals surface area (Å²) in [6, 6.07) is 8.97. The smallest absolute Gasteiger partial charge is 0.234 e. The number of carbonyl (C=O) groups is 3. The molecule has 3 fully saturated rings. The molecule has 1 saturated carbocycles. The highest BCUT2D eigenvalue weighted by atomic mass is 16.5. The molecule has 2 heterocycles. The van der Waals surface area contributed by atoms with E-state index in [-0.39, 0.29) is 47.8 Å². The van der Waals surface area contributed by atoms with E-state index in [9.17, 15) is 14.4 Å². The molecule has 3 aliphatic carbocycles. The quantitative estimate of drug-likeness (QED) is 0.580. The van der Waals surface area contributed by atoms with Gasteiger partial charge in [0, 0.05) is 13.1 Å². The van der Waals surface area contributed by atoms with Crippen LogP contribution in [-0.2, 0) is 19.1 Å². The summed E-state index contributed by atoms with van der Waals surface area (Å²) >= 11 is 0. The maximum Gasteiger partial charge on any atom is 0.234 e. The van der Waals surface area contributed by atoms with E-state index in [2.05, 4.69) is 12.2 Å². The Morgan fingerprint density at radius 1 is 0.966 bits per heavy atom. The number of fused-ring (bicyclic) bond motifs is 1. The normalized spacial score (nSPS) is 31.9. The highest BCUT2D eigenvalue weighted by Gasteiger charge is 2.58. The van der Waals surface area contributed by atoms with Crippen molar-refractivity contribution in [3.8, 4) is 0 Å². The maximum absolute atomic E-state index is 13.4. The molecule has 6 nitrogen and oxygen atoms in total. The van der Waals surface area contributed by atoms with Crippen molar-refractivity contribution in [2.45, 2.75) is 25.3 Å². The zero-order valence-corrected chi connectivity index (χ0v) is 16.4. The van der Waals surface area contributed by atoms with E-state index >= 15 is 0 Å². The van der Waals surface area contributed by atoms with Gasteiger partial charge in [-0.05, 0) is 30.2 Å². The van der Waals surface area contributed by atoms with Crippen molar-refractivity contribution in [3.05, 3.63) is 48.0 Å². The zero-order valence-electron chi connectivity index (χ0n) is 16.4. The molecule has 2 aliphatic heterocycles. The summed E-state index contributed by atoms with van der Waals surface area (Å²) in [5.41, 5.74) is 0.842. The fourth-order valence-corrected chi connectivity index (χ4v) is 5.55. The minimum Gasteiger partial charge on any atom is -0.378 e. The highest BCUT2D eigenvalue weighted by molar-refractivity contribution is 6.06. The van der Waals surface area contributed by atoms with Crippen LogP contribution in [0.4, 0.5) is 0 Å². The third-order valence-electron chi connectivity index (χ3n) is 7.02. The van der Waals surface area contributed by atoms with Crippen LogP contribution in [0.15, 0.2) is 42.5 Å². The molecule has 6 rings (SSSR count). The molecular weight excluding hydrogens is 368 g/mol. The first-order valence-corrected chi connectivity index (χ1v) is 10.6. The first-order valence-electron chi connectivity index (χ1n) is 10.6. The Labute approximate surface area is 170 Å². The number of hydrogen-bond donors (Lipinski definition) is 0. The molecule has 3 amide bonds. The Kier molecular flexibility index (Phi) is 4.74. The summed E-state index contributed by atoms with van der Waals surface area (Å²) in [6.45, 7) is 2.17. The number of nitrogens with zero attached hydrogens (tertiary/aromatic N) is 2. The van der Waals surface area contributed by atoms with Gasteiger partial charge < -0.3 is 9.64 Å². The first-order chi connectivity index (χ1) is 14.1. The molecule has 0 radical (unpaired) electrons. The van der Waals surface area contributed by atoms with Crippen LogP contribution < -0.4 is 0 Å². The van der Waals surface area contributed by atoms with Crippen molar-refractivity contribution in [1.29, 1.82) is 0 Å². The van der Waals surface area contributed by atoms with Crippen LogP contribution in [0.2, 0.25) is 0 Å². The van der Waals surface area contributed by atoms with Gasteiger partial charge in [0.2, 0.25) is 17.7 Å². The Morgan fingerprint density at radius 3 is 2.10 bits per heavy atom. The second kappa shape index (κ2) is 7.41. The molecule has 1 aromatic carbocycles. The monoisotopic (exact) mass is 394 g/mol. The fraction of sp³-hybridized carbons (Fsp3) is 0.522. The van der Waals surface area contributed by atoms with Gasteiger partial charge in [0.25, 0.3) is 0 Å². The Morgan fingerprint density at radius 2 is 1.55 bits per heavy atom. The van der Waals surface area contributed by atoms with Gasteiger partial charge in [-0.3, -0.25) is 19.3 Å². The van der Waals surface area contributed by atoms with Crippen LogP contribution in [0.3, 0.4) is 0 Å². The molecule has 2 saturated heterocycles. The van der Waals surface area contributed by atoms with Gasteiger partial charge in [-0.1, -0.05) is 42.5 Å². The van der Waals surface area contributed by atoms with Crippen molar-refractivity contribution < 1.29 is 19.1 Å². The average molecular weight is 394 g/mol. The Bertz CT molecular complexity index is 814. The SMILES string of the molecule is O=C(CC(c1ccccc1)N1C(=O)C2C3C=CC(CC3)C2C1=O)N1CCOCC1. The molecule has 0 N–H and O–H groups in total. The van der Waals surface area contributed by atoms with Gasteiger partial charge in [-0.15, -0.1) is 0 Å². The number of imide groups is 1. The van der Waals surface area contributed by atoms with E-state index < -0.39 is 6.04 Å². The predicted octanol–water partition coefficient (Wildman–Crippen LogP) is 2.17. The summed E-state index contributed by atoms with van der Waals surface area (Å²) in [4.78, 5) is 43.1. The molecule has 152 valence electrons. The van der Waals surface area contributed by atoms with Crippen molar-refractivity contribution >= 4 is 17.7 Å². The van der Waals surface area contributed by atoms with Gasteiger partial charge in [0.15, 0.2) is 0 Å². The predicted molar refractivity (Wildman–Crippen MR) is 105 cm³/mol. The van der Waals surface area contributed by atoms with Crippen LogP contribution in [-0.4, -0.2) is 53.8 Å². The summed E-state index contributed by atoms with van der Waals surface area (Å²) in [7, 11) is 0. The number of benzene rings is 1. The molecule has 5 atom stereocenters. The van der Waals surface area contributed by atoms with Crippen LogP contribution in [0, 0.1) is 23.7 Å². The second-order valence-electron chi connectivity index (χ2n) is 8.51. The standard InChI is InChI=1S/C23H26N2O4/c26-19(24-10-12-29-13-11-24)14-18(15-4-2-1-3-5-15)25-22(27)20-16-6-7-17(9-8-16)21(20)23(25)28/h1-7,16-18,20-21H,8-14H2. The van der Waals surface area contributed by atoms with Gasteiger partial charge in [-0.2, -0.15) is 0 Å². The number of morpholine rings is 1. The van der Waals surface area contributed by atoms with Crippen molar-refractivity contribution in [2.75, 3.05) is 26.3 Å². The van der Waals surface area contributed by atoms with Crippen LogP contribution in [0.5, 0.6) is 0 Å². The number of allylic oxidation sites excluding steroid dienone is 2. The minimum atomic E-state index is -0.545. The van der Waals surface area contributed by atoms with Gasteiger partial charge >= 0.3 is 0 Å². The lowest BCUT2D eigenvalue weighted by Gasteiger charge is -2.38. The van der Waals surface area contributed by atoms with E-state index in [1.165, 1.54) is 4.90 Å². The topological polar surface area (TPSA) is 66.9 Å². The van der Waals surface area contributed by atoms with Crippen LogP contribution >= 0.6 is 0 Å². The van der Waals surface area contributed by atoms with E-state index in [4.69, 9.17) is 4.74 Å². The number of amides is 3. The summed E-state index contributed by atoms with van der Waals surface area (Å²) < 4.78 is 5.35. The number of ether oxygens (including phenoxy) is 1. The van der Waals surface area contributed by atoms with Crippen molar-refractivity contribution in [3.63, 3.8) is 0 Å². The molecule has 2 bridgehead atoms. The second-order valence-corrected chi connectivity index (χ2v) is 8.51. The molecular formula is C23H26N2O4.